The number of hydrogen-bond donors (Lipinski definition) is 0. The zero-order valence-electron chi connectivity index (χ0n) is 39.9. The van der Waals surface area contributed by atoms with Gasteiger partial charge in [-0.05, 0) is 106 Å². The van der Waals surface area contributed by atoms with Crippen molar-refractivity contribution in [2.24, 2.45) is 0 Å². The van der Waals surface area contributed by atoms with Crippen molar-refractivity contribution in [2.75, 3.05) is 9.80 Å². The van der Waals surface area contributed by atoms with Gasteiger partial charge in [0.15, 0.2) is 0 Å². The van der Waals surface area contributed by atoms with Crippen LogP contribution in [0.25, 0.3) is 55.0 Å². The molecular formula is C66H40B2N4O2. The van der Waals surface area contributed by atoms with Gasteiger partial charge in [0.2, 0.25) is 0 Å². The smallest absolute Gasteiger partial charge is 0.260 e. The van der Waals surface area contributed by atoms with Crippen LogP contribution in [0.15, 0.2) is 243 Å². The fourth-order valence-corrected chi connectivity index (χ4v) is 13.3. The molecule has 0 radical (unpaired) electrons. The van der Waals surface area contributed by atoms with E-state index in [1.54, 1.807) is 0 Å². The van der Waals surface area contributed by atoms with Crippen molar-refractivity contribution in [3.05, 3.63) is 243 Å². The first-order chi connectivity index (χ1) is 36.8. The topological polar surface area (TPSA) is 34.8 Å². The summed E-state index contributed by atoms with van der Waals surface area (Å²) in [6.45, 7) is -0.304. The number of anilines is 6. The van der Waals surface area contributed by atoms with Crippen molar-refractivity contribution < 1.29 is 9.47 Å². The minimum Gasteiger partial charge on any atom is -0.458 e. The van der Waals surface area contributed by atoms with Crippen LogP contribution in [0.1, 0.15) is 0 Å². The van der Waals surface area contributed by atoms with Gasteiger partial charge in [-0.15, -0.1) is 0 Å². The Balaban J connectivity index is 1.02. The summed E-state index contributed by atoms with van der Waals surface area (Å²) in [7, 11) is 0. The van der Waals surface area contributed by atoms with Crippen molar-refractivity contribution in [1.29, 1.82) is 0 Å². The summed E-state index contributed by atoms with van der Waals surface area (Å²) in [5.41, 5.74) is 20.5. The second-order valence-electron chi connectivity index (χ2n) is 19.9. The van der Waals surface area contributed by atoms with E-state index in [1.807, 2.05) is 0 Å². The molecule has 17 rings (SSSR count). The number of nitrogens with zero attached hydrogens (tertiary/aromatic N) is 4. The van der Waals surface area contributed by atoms with E-state index in [4.69, 9.17) is 9.47 Å². The number of ether oxygens (including phenoxy) is 2. The molecule has 8 heteroatoms. The Kier molecular flexibility index (Phi) is 8.08. The van der Waals surface area contributed by atoms with Gasteiger partial charge < -0.3 is 28.4 Å². The van der Waals surface area contributed by atoms with Gasteiger partial charge in [0.05, 0.1) is 33.1 Å². The van der Waals surface area contributed by atoms with Crippen molar-refractivity contribution in [3.8, 4) is 34.4 Å². The highest BCUT2D eigenvalue weighted by Crippen LogP contribution is 2.52. The molecule has 0 N–H and O–H groups in total. The van der Waals surface area contributed by atoms with Crippen LogP contribution < -0.4 is 52.1 Å². The van der Waals surface area contributed by atoms with Gasteiger partial charge in [-0.25, -0.2) is 0 Å². The summed E-state index contributed by atoms with van der Waals surface area (Å²) in [5, 5.41) is 4.61. The molecule has 6 nitrogen and oxygen atoms in total. The zero-order valence-corrected chi connectivity index (χ0v) is 39.9. The van der Waals surface area contributed by atoms with E-state index in [-0.39, 0.29) is 13.4 Å². The monoisotopic (exact) mass is 942 g/mol. The first-order valence-electron chi connectivity index (χ1n) is 25.5. The fourth-order valence-electron chi connectivity index (χ4n) is 13.3. The maximum Gasteiger partial charge on any atom is 0.260 e. The van der Waals surface area contributed by atoms with Crippen LogP contribution in [-0.4, -0.2) is 22.6 Å². The Hall–Kier alpha value is -9.65. The molecule has 0 aliphatic carbocycles. The van der Waals surface area contributed by atoms with E-state index < -0.39 is 0 Å². The number of benzene rings is 11. The predicted molar refractivity (Wildman–Crippen MR) is 307 cm³/mol. The molecule has 342 valence electrons. The minimum atomic E-state index is -0.167. The molecule has 0 atom stereocenters. The Morgan fingerprint density at radius 2 is 0.824 bits per heavy atom. The molecule has 0 fully saturated rings. The molecule has 13 aromatic rings. The molecule has 74 heavy (non-hydrogen) atoms. The average molecular weight is 943 g/mol. The van der Waals surface area contributed by atoms with Crippen LogP contribution >= 0.6 is 0 Å². The molecule has 4 aliphatic rings. The second kappa shape index (κ2) is 14.9. The average Bonchev–Trinajstić information content (AvgIpc) is 4.11. The number of aromatic nitrogens is 2. The maximum absolute atomic E-state index is 7.69. The SMILES string of the molecule is c1ccc(N2c3ccccc3B3c4cc5c(cc4N(c4ccccc4)c4c3c2cc2c4c3ccccc3n2-c2ccccc2)Oc2c3c(cc4c2c2ccccc2n4-c2ccccc2)Oc2ccccc2B53)cc1. The molecule has 0 unspecified atom stereocenters. The van der Waals surface area contributed by atoms with Gasteiger partial charge in [0.25, 0.3) is 13.4 Å². The summed E-state index contributed by atoms with van der Waals surface area (Å²) in [6.07, 6.45) is 0. The van der Waals surface area contributed by atoms with E-state index in [0.29, 0.717) is 0 Å². The quantitative estimate of drug-likeness (QED) is 0.165. The van der Waals surface area contributed by atoms with Gasteiger partial charge in [0.1, 0.15) is 23.0 Å². The molecule has 0 saturated heterocycles. The Morgan fingerprint density at radius 1 is 0.297 bits per heavy atom. The number of rotatable bonds is 4. The Morgan fingerprint density at radius 3 is 1.50 bits per heavy atom. The van der Waals surface area contributed by atoms with Crippen molar-refractivity contribution in [3.63, 3.8) is 0 Å². The van der Waals surface area contributed by atoms with Crippen LogP contribution in [0.3, 0.4) is 0 Å². The van der Waals surface area contributed by atoms with Crippen molar-refractivity contribution in [1.82, 2.24) is 9.13 Å². The van der Waals surface area contributed by atoms with Gasteiger partial charge in [-0.1, -0.05) is 152 Å². The lowest BCUT2D eigenvalue weighted by Gasteiger charge is -2.45. The number of fused-ring (bicyclic) bond motifs is 16. The summed E-state index contributed by atoms with van der Waals surface area (Å²) in [5.74, 6) is 3.36. The predicted octanol–water partition coefficient (Wildman–Crippen LogP) is 12.7. The molecule has 0 bridgehead atoms. The molecule has 0 spiro atoms. The lowest BCUT2D eigenvalue weighted by atomic mass is 9.30. The minimum absolute atomic E-state index is 0.137. The van der Waals surface area contributed by atoms with Crippen LogP contribution in [0, 0.1) is 0 Å². The first kappa shape index (κ1) is 40.0. The third kappa shape index (κ3) is 5.30. The van der Waals surface area contributed by atoms with Crippen LogP contribution in [0.2, 0.25) is 0 Å². The highest BCUT2D eigenvalue weighted by atomic mass is 16.5. The van der Waals surface area contributed by atoms with Gasteiger partial charge in [-0.3, -0.25) is 0 Å². The van der Waals surface area contributed by atoms with Crippen molar-refractivity contribution >= 4 is 124 Å². The third-order valence-corrected chi connectivity index (χ3v) is 16.1. The fraction of sp³-hybridized carbons (Fsp3) is 0. The molecule has 4 aliphatic heterocycles. The summed E-state index contributed by atoms with van der Waals surface area (Å²) in [4.78, 5) is 5.05. The number of hydrogen-bond acceptors (Lipinski definition) is 4. The van der Waals surface area contributed by atoms with E-state index in [2.05, 4.69) is 262 Å². The normalized spacial score (nSPS) is 13.5. The lowest BCUT2D eigenvalue weighted by Crippen LogP contribution is -2.64. The first-order valence-corrected chi connectivity index (χ1v) is 25.5. The second-order valence-corrected chi connectivity index (χ2v) is 19.9. The largest absolute Gasteiger partial charge is 0.458 e. The van der Waals surface area contributed by atoms with Gasteiger partial charge in [0, 0.05) is 73.6 Å². The lowest BCUT2D eigenvalue weighted by molar-refractivity contribution is 0.468. The summed E-state index contributed by atoms with van der Waals surface area (Å²) < 4.78 is 19.5. The van der Waals surface area contributed by atoms with Crippen LogP contribution in [0.4, 0.5) is 34.1 Å². The molecule has 0 saturated carbocycles. The number of para-hydroxylation sites is 8. The summed E-state index contributed by atoms with van der Waals surface area (Å²) in [6, 6.07) is 88.2. The van der Waals surface area contributed by atoms with Gasteiger partial charge >= 0.3 is 0 Å². The Bertz CT molecular complexity index is 4520. The summed E-state index contributed by atoms with van der Waals surface area (Å²) >= 11 is 0. The van der Waals surface area contributed by atoms with E-state index in [1.165, 1.54) is 32.8 Å². The van der Waals surface area contributed by atoms with E-state index in [0.717, 1.165) is 112 Å². The molecule has 11 aromatic carbocycles. The third-order valence-electron chi connectivity index (χ3n) is 16.1. The molecule has 2 aromatic heterocycles. The Labute approximate surface area is 427 Å². The highest BCUT2D eigenvalue weighted by Gasteiger charge is 2.48. The van der Waals surface area contributed by atoms with Crippen LogP contribution in [-0.2, 0) is 0 Å². The standard InChI is InChI=1S/C66H40B2N4O2/c1-5-21-41(22-6-1)69-51-33-17-13-29-45(51)61-55(69)38-57-63-65(61)72(44-27-11-4-12-28-44)54-39-59-50(37-49(54)67(63)47-31-15-19-35-53(47)71(57)43-25-9-3-10-26-43)68-48-32-16-20-36-58(48)73-60-40-56-62(66(74-59)64(60)68)46-30-14-18-34-52(46)70(56)42-23-7-2-8-24-42/h1-40H. The maximum atomic E-state index is 7.69. The highest BCUT2D eigenvalue weighted by molar-refractivity contribution is 7.02. The van der Waals surface area contributed by atoms with Gasteiger partial charge in [-0.2, -0.15) is 0 Å². The zero-order chi connectivity index (χ0) is 48.2. The van der Waals surface area contributed by atoms with Crippen molar-refractivity contribution in [2.45, 2.75) is 0 Å². The molecule has 6 heterocycles. The van der Waals surface area contributed by atoms with E-state index >= 15 is 0 Å². The molecular weight excluding hydrogens is 902 g/mol. The molecule has 0 amide bonds. The van der Waals surface area contributed by atoms with Crippen LogP contribution in [0.5, 0.6) is 23.0 Å². The van der Waals surface area contributed by atoms with E-state index in [9.17, 15) is 0 Å².